The quantitative estimate of drug-likeness (QED) is 0.821. The first-order valence-electron chi connectivity index (χ1n) is 5.55. The van der Waals surface area contributed by atoms with Crippen molar-refractivity contribution in [2.45, 2.75) is 12.8 Å². The van der Waals surface area contributed by atoms with Crippen LogP contribution >= 0.6 is 0 Å². The topological polar surface area (TPSA) is 30.5 Å². The van der Waals surface area contributed by atoms with Crippen LogP contribution in [-0.2, 0) is 0 Å². The predicted octanol–water partition coefficient (Wildman–Crippen LogP) is 2.28. The summed E-state index contributed by atoms with van der Waals surface area (Å²) >= 11 is 0. The standard InChI is InChI=1S/C12H15NO2/c1-2-9(1)8-13-10-3-4-11-12(7-10)15-6-5-14-11/h3-4,7,9,13H,1-2,5-6,8H2. The molecule has 1 heterocycles. The molecule has 1 aliphatic heterocycles. The molecule has 3 nitrogen and oxygen atoms in total. The predicted molar refractivity (Wildman–Crippen MR) is 58.6 cm³/mol. The van der Waals surface area contributed by atoms with Crippen LogP contribution in [0.2, 0.25) is 0 Å². The molecule has 0 unspecified atom stereocenters. The van der Waals surface area contributed by atoms with Crippen LogP contribution in [0, 0.1) is 5.92 Å². The van der Waals surface area contributed by atoms with E-state index in [9.17, 15) is 0 Å². The molecular formula is C12H15NO2. The Balaban J connectivity index is 1.71. The zero-order valence-electron chi connectivity index (χ0n) is 8.66. The largest absolute Gasteiger partial charge is 0.486 e. The Hall–Kier alpha value is -1.38. The van der Waals surface area contributed by atoms with Crippen LogP contribution < -0.4 is 14.8 Å². The van der Waals surface area contributed by atoms with Gasteiger partial charge in [0.25, 0.3) is 0 Å². The van der Waals surface area contributed by atoms with E-state index >= 15 is 0 Å². The van der Waals surface area contributed by atoms with Gasteiger partial charge in [-0.15, -0.1) is 0 Å². The first kappa shape index (κ1) is 8.89. The van der Waals surface area contributed by atoms with Crippen molar-refractivity contribution >= 4 is 5.69 Å². The van der Waals surface area contributed by atoms with Gasteiger partial charge in [-0.3, -0.25) is 0 Å². The average Bonchev–Trinajstić information content (AvgIpc) is 3.10. The fourth-order valence-corrected chi connectivity index (χ4v) is 1.74. The van der Waals surface area contributed by atoms with Gasteiger partial charge >= 0.3 is 0 Å². The fourth-order valence-electron chi connectivity index (χ4n) is 1.74. The van der Waals surface area contributed by atoms with Crippen LogP contribution in [0.3, 0.4) is 0 Å². The Kier molecular flexibility index (Phi) is 2.16. The number of rotatable bonds is 3. The highest BCUT2D eigenvalue weighted by Gasteiger charge is 2.20. The fraction of sp³-hybridized carbons (Fsp3) is 0.500. The Bertz CT molecular complexity index is 361. The van der Waals surface area contributed by atoms with Crippen LogP contribution in [0.25, 0.3) is 0 Å². The third-order valence-corrected chi connectivity index (χ3v) is 2.83. The number of hydrogen-bond donors (Lipinski definition) is 1. The van der Waals surface area contributed by atoms with E-state index in [0.29, 0.717) is 13.2 Å². The minimum atomic E-state index is 0.652. The first-order valence-corrected chi connectivity index (χ1v) is 5.55. The molecule has 1 aromatic carbocycles. The van der Waals surface area contributed by atoms with Crippen molar-refractivity contribution in [2.75, 3.05) is 25.1 Å². The molecule has 0 amide bonds. The van der Waals surface area contributed by atoms with Gasteiger partial charge in [-0.1, -0.05) is 0 Å². The summed E-state index contributed by atoms with van der Waals surface area (Å²) in [5, 5.41) is 3.42. The molecule has 0 bridgehead atoms. The first-order chi connectivity index (χ1) is 7.42. The van der Waals surface area contributed by atoms with Gasteiger partial charge in [0.1, 0.15) is 13.2 Å². The maximum absolute atomic E-state index is 5.52. The minimum Gasteiger partial charge on any atom is -0.486 e. The lowest BCUT2D eigenvalue weighted by molar-refractivity contribution is 0.171. The molecule has 0 atom stereocenters. The summed E-state index contributed by atoms with van der Waals surface area (Å²) in [6.45, 7) is 2.39. The molecule has 1 saturated carbocycles. The number of benzene rings is 1. The van der Waals surface area contributed by atoms with E-state index < -0.39 is 0 Å². The molecule has 80 valence electrons. The molecule has 0 spiro atoms. The number of hydrogen-bond acceptors (Lipinski definition) is 3. The highest BCUT2D eigenvalue weighted by Crippen LogP contribution is 2.34. The number of nitrogens with one attached hydrogen (secondary N) is 1. The van der Waals surface area contributed by atoms with E-state index in [-0.39, 0.29) is 0 Å². The van der Waals surface area contributed by atoms with Crippen molar-refractivity contribution in [3.8, 4) is 11.5 Å². The second kappa shape index (κ2) is 3.65. The maximum Gasteiger partial charge on any atom is 0.163 e. The second-order valence-electron chi connectivity index (χ2n) is 4.18. The van der Waals surface area contributed by atoms with Crippen LogP contribution in [0.1, 0.15) is 12.8 Å². The molecule has 1 N–H and O–H groups in total. The molecule has 3 rings (SSSR count). The molecule has 1 aliphatic carbocycles. The van der Waals surface area contributed by atoms with Crippen LogP contribution in [-0.4, -0.2) is 19.8 Å². The van der Waals surface area contributed by atoms with Crippen molar-refractivity contribution in [3.05, 3.63) is 18.2 Å². The van der Waals surface area contributed by atoms with Gasteiger partial charge < -0.3 is 14.8 Å². The van der Waals surface area contributed by atoms with Crippen molar-refractivity contribution in [1.29, 1.82) is 0 Å². The Labute approximate surface area is 89.4 Å². The third kappa shape index (κ3) is 2.01. The molecule has 0 aromatic heterocycles. The normalized spacial score (nSPS) is 18.7. The van der Waals surface area contributed by atoms with Crippen LogP contribution in [0.5, 0.6) is 11.5 Å². The highest BCUT2D eigenvalue weighted by molar-refractivity contribution is 5.55. The molecule has 2 aliphatic rings. The van der Waals surface area contributed by atoms with Gasteiger partial charge in [0.05, 0.1) is 0 Å². The zero-order valence-corrected chi connectivity index (χ0v) is 8.66. The van der Waals surface area contributed by atoms with E-state index in [1.54, 1.807) is 0 Å². The zero-order chi connectivity index (χ0) is 10.1. The molecule has 15 heavy (non-hydrogen) atoms. The van der Waals surface area contributed by atoms with E-state index in [0.717, 1.165) is 29.6 Å². The van der Waals surface area contributed by atoms with Crippen molar-refractivity contribution < 1.29 is 9.47 Å². The average molecular weight is 205 g/mol. The lowest BCUT2D eigenvalue weighted by atomic mass is 10.2. The summed E-state index contributed by atoms with van der Waals surface area (Å²) in [7, 11) is 0. The van der Waals surface area contributed by atoms with E-state index in [1.165, 1.54) is 12.8 Å². The van der Waals surface area contributed by atoms with Gasteiger partial charge in [0, 0.05) is 18.3 Å². The lowest BCUT2D eigenvalue weighted by Crippen LogP contribution is -2.15. The molecule has 0 saturated heterocycles. The maximum atomic E-state index is 5.52. The summed E-state index contributed by atoms with van der Waals surface area (Å²) in [4.78, 5) is 0. The SMILES string of the molecule is c1cc2c(cc1NCC1CC1)OCCO2. The monoisotopic (exact) mass is 205 g/mol. The molecular weight excluding hydrogens is 190 g/mol. The summed E-state index contributed by atoms with van der Waals surface area (Å²) in [6.07, 6.45) is 2.75. The number of ether oxygens (including phenoxy) is 2. The van der Waals surface area contributed by atoms with Gasteiger partial charge in [0.15, 0.2) is 11.5 Å². The Morgan fingerprint density at radius 3 is 2.73 bits per heavy atom. The highest BCUT2D eigenvalue weighted by atomic mass is 16.6. The van der Waals surface area contributed by atoms with Crippen molar-refractivity contribution in [3.63, 3.8) is 0 Å². The Morgan fingerprint density at radius 2 is 1.93 bits per heavy atom. The van der Waals surface area contributed by atoms with Gasteiger partial charge in [-0.25, -0.2) is 0 Å². The minimum absolute atomic E-state index is 0.652. The summed E-state index contributed by atoms with van der Waals surface area (Å²) in [5.41, 5.74) is 1.13. The van der Waals surface area contributed by atoms with E-state index in [1.807, 2.05) is 12.1 Å². The van der Waals surface area contributed by atoms with Gasteiger partial charge in [0.2, 0.25) is 0 Å². The summed E-state index contributed by atoms with van der Waals surface area (Å²) in [6, 6.07) is 6.05. The smallest absolute Gasteiger partial charge is 0.163 e. The third-order valence-electron chi connectivity index (χ3n) is 2.83. The number of fused-ring (bicyclic) bond motifs is 1. The summed E-state index contributed by atoms with van der Waals surface area (Å²) < 4.78 is 11.0. The second-order valence-corrected chi connectivity index (χ2v) is 4.18. The van der Waals surface area contributed by atoms with Crippen molar-refractivity contribution in [1.82, 2.24) is 0 Å². The lowest BCUT2D eigenvalue weighted by Gasteiger charge is -2.19. The van der Waals surface area contributed by atoms with Crippen LogP contribution in [0.15, 0.2) is 18.2 Å². The van der Waals surface area contributed by atoms with E-state index in [2.05, 4.69) is 11.4 Å². The van der Waals surface area contributed by atoms with Crippen molar-refractivity contribution in [2.24, 2.45) is 5.92 Å². The molecule has 1 aromatic rings. The van der Waals surface area contributed by atoms with Gasteiger partial charge in [-0.05, 0) is 30.9 Å². The van der Waals surface area contributed by atoms with Crippen LogP contribution in [0.4, 0.5) is 5.69 Å². The molecule has 1 fully saturated rings. The molecule has 3 heteroatoms. The van der Waals surface area contributed by atoms with Gasteiger partial charge in [-0.2, -0.15) is 0 Å². The Morgan fingerprint density at radius 1 is 1.13 bits per heavy atom. The number of anilines is 1. The summed E-state index contributed by atoms with van der Waals surface area (Å²) in [5.74, 6) is 2.61. The van der Waals surface area contributed by atoms with E-state index in [4.69, 9.17) is 9.47 Å². The molecule has 0 radical (unpaired) electrons.